The molecule has 2 aliphatic heterocycles. The fourth-order valence-electron chi connectivity index (χ4n) is 6.48. The zero-order chi connectivity index (χ0) is 25.3. The predicted molar refractivity (Wildman–Crippen MR) is 139 cm³/mol. The Balaban J connectivity index is 0.000000848. The Morgan fingerprint density at radius 3 is 2.67 bits per heavy atom. The van der Waals surface area contributed by atoms with E-state index in [9.17, 15) is 4.39 Å². The summed E-state index contributed by atoms with van der Waals surface area (Å²) in [7, 11) is 1.99. The lowest BCUT2D eigenvalue weighted by Crippen LogP contribution is -2.56. The molecule has 1 unspecified atom stereocenters. The Bertz CT molecular complexity index is 1220. The predicted octanol–water partition coefficient (Wildman–Crippen LogP) is 3.47. The minimum atomic E-state index is -0.280. The average molecular weight is 495 g/mol. The largest absolute Gasteiger partial charge is 0.483 e. The molecule has 0 aromatic carbocycles. The van der Waals surface area contributed by atoms with Gasteiger partial charge in [0.2, 0.25) is 0 Å². The molecule has 1 atom stereocenters. The second-order valence-corrected chi connectivity index (χ2v) is 10.4. The number of likely N-dealkylation sites (tertiary alicyclic amines) is 1. The van der Waals surface area contributed by atoms with Crippen LogP contribution in [-0.4, -0.2) is 87.8 Å². The van der Waals surface area contributed by atoms with E-state index in [4.69, 9.17) is 9.90 Å². The summed E-state index contributed by atoms with van der Waals surface area (Å²) >= 11 is 0. The lowest BCUT2D eigenvalue weighted by atomic mass is 9.78. The average Bonchev–Trinajstić information content (AvgIpc) is 3.48. The van der Waals surface area contributed by atoms with Crippen molar-refractivity contribution in [3.8, 4) is 11.3 Å². The molecule has 3 aromatic rings. The van der Waals surface area contributed by atoms with Crippen molar-refractivity contribution < 1.29 is 14.3 Å². The quantitative estimate of drug-likeness (QED) is 0.557. The van der Waals surface area contributed by atoms with Crippen LogP contribution in [-0.2, 0) is 11.8 Å². The van der Waals surface area contributed by atoms with Gasteiger partial charge in [-0.3, -0.25) is 14.7 Å². The van der Waals surface area contributed by atoms with Crippen molar-refractivity contribution in [3.05, 3.63) is 42.6 Å². The van der Waals surface area contributed by atoms with Crippen LogP contribution in [0.2, 0.25) is 0 Å². The van der Waals surface area contributed by atoms with E-state index in [0.717, 1.165) is 54.2 Å². The highest BCUT2D eigenvalue weighted by Gasteiger charge is 2.48. The zero-order valence-corrected chi connectivity index (χ0v) is 21.1. The Hall–Kier alpha value is -3.04. The lowest BCUT2D eigenvalue weighted by molar-refractivity contribution is -0.122. The first-order chi connectivity index (χ1) is 17.5. The molecule has 1 spiro atoms. The number of carboxylic acid groups (broad SMARTS) is 1. The SMILES string of the molecule is CCN1CC2(CCC(N3CCN(c4cc(F)cnc4-c4ccnc5c4ccn5C)CC3)C2)C1.O=CO. The first-order valence-corrected chi connectivity index (χ1v) is 12.8. The molecule has 8 nitrogen and oxygen atoms in total. The highest BCUT2D eigenvalue weighted by molar-refractivity contribution is 5.95. The first-order valence-electron chi connectivity index (χ1n) is 12.8. The van der Waals surface area contributed by atoms with Gasteiger partial charge in [0.25, 0.3) is 6.47 Å². The highest BCUT2D eigenvalue weighted by Crippen LogP contribution is 2.47. The third-order valence-corrected chi connectivity index (χ3v) is 8.27. The number of piperazine rings is 1. The van der Waals surface area contributed by atoms with Crippen LogP contribution >= 0.6 is 0 Å². The van der Waals surface area contributed by atoms with Gasteiger partial charge < -0.3 is 19.5 Å². The minimum Gasteiger partial charge on any atom is -0.483 e. The molecule has 3 fully saturated rings. The van der Waals surface area contributed by atoms with E-state index in [1.54, 1.807) is 6.07 Å². The maximum absolute atomic E-state index is 14.3. The molecule has 1 saturated carbocycles. The number of aryl methyl sites for hydroxylation is 1. The number of hydrogen-bond donors (Lipinski definition) is 1. The number of aromatic nitrogens is 3. The summed E-state index contributed by atoms with van der Waals surface area (Å²) in [5, 5.41) is 7.94. The number of halogens is 1. The number of rotatable bonds is 4. The molecule has 192 valence electrons. The molecule has 1 N–H and O–H groups in total. The molecule has 0 amide bonds. The summed E-state index contributed by atoms with van der Waals surface area (Å²) in [5.41, 5.74) is 4.26. The Morgan fingerprint density at radius 2 is 1.94 bits per heavy atom. The molecule has 3 aromatic heterocycles. The van der Waals surface area contributed by atoms with Gasteiger partial charge in [-0.05, 0) is 43.4 Å². The summed E-state index contributed by atoms with van der Waals surface area (Å²) in [6, 6.07) is 6.44. The number of anilines is 1. The van der Waals surface area contributed by atoms with E-state index in [1.165, 1.54) is 45.1 Å². The summed E-state index contributed by atoms with van der Waals surface area (Å²) in [6.07, 6.45) is 9.22. The van der Waals surface area contributed by atoms with Crippen LogP contribution in [0.3, 0.4) is 0 Å². The summed E-state index contributed by atoms with van der Waals surface area (Å²) in [4.78, 5) is 25.0. The van der Waals surface area contributed by atoms with E-state index in [0.29, 0.717) is 11.5 Å². The van der Waals surface area contributed by atoms with Crippen molar-refractivity contribution in [2.24, 2.45) is 12.5 Å². The topological polar surface area (TPSA) is 77.7 Å². The molecule has 9 heteroatoms. The van der Waals surface area contributed by atoms with Crippen LogP contribution in [0.4, 0.5) is 10.1 Å². The monoisotopic (exact) mass is 494 g/mol. The van der Waals surface area contributed by atoms with E-state index < -0.39 is 0 Å². The van der Waals surface area contributed by atoms with Crippen molar-refractivity contribution >= 4 is 23.2 Å². The van der Waals surface area contributed by atoms with E-state index in [1.807, 2.05) is 30.1 Å². The summed E-state index contributed by atoms with van der Waals surface area (Å²) in [5.74, 6) is -0.280. The standard InChI is InChI=1S/C26H33FN6.CH2O2/c1-3-31-17-26(18-31)7-4-20(15-26)32-10-12-33(13-11-32)23-14-19(27)16-29-24(23)21-5-8-28-25-22(21)6-9-30(25)2;2-1-3/h5-6,8-9,14,16,20H,3-4,7,10-13,15,17-18H2,1-2H3;1H,(H,2,3). The fraction of sp³-hybridized carbons (Fsp3) is 0.519. The molecule has 36 heavy (non-hydrogen) atoms. The Labute approximate surface area is 211 Å². The van der Waals surface area contributed by atoms with Crippen molar-refractivity contribution in [1.82, 2.24) is 24.3 Å². The van der Waals surface area contributed by atoms with Crippen molar-refractivity contribution in [2.75, 3.05) is 50.7 Å². The van der Waals surface area contributed by atoms with Crippen LogP contribution in [0.5, 0.6) is 0 Å². The van der Waals surface area contributed by atoms with Crippen LogP contribution in [0, 0.1) is 11.2 Å². The van der Waals surface area contributed by atoms with Gasteiger partial charge in [-0.2, -0.15) is 0 Å². The summed E-state index contributed by atoms with van der Waals surface area (Å²) in [6.45, 7) is 9.66. The van der Waals surface area contributed by atoms with E-state index >= 15 is 0 Å². The smallest absolute Gasteiger partial charge is 0.290 e. The van der Waals surface area contributed by atoms with Gasteiger partial charge in [0.1, 0.15) is 11.5 Å². The second kappa shape index (κ2) is 10.1. The molecule has 2 saturated heterocycles. The molecule has 0 radical (unpaired) electrons. The van der Waals surface area contributed by atoms with Gasteiger partial charge in [0, 0.05) is 81.8 Å². The molecule has 5 heterocycles. The maximum atomic E-state index is 14.3. The molecule has 1 aliphatic carbocycles. The first kappa shape index (κ1) is 24.6. The van der Waals surface area contributed by atoms with Crippen LogP contribution in [0.25, 0.3) is 22.3 Å². The van der Waals surface area contributed by atoms with Crippen molar-refractivity contribution in [1.29, 1.82) is 0 Å². The molecule has 3 aliphatic rings. The Kier molecular flexibility index (Phi) is 6.94. The van der Waals surface area contributed by atoms with Gasteiger partial charge in [-0.15, -0.1) is 0 Å². The molecular weight excluding hydrogens is 459 g/mol. The van der Waals surface area contributed by atoms with Gasteiger partial charge >= 0.3 is 0 Å². The van der Waals surface area contributed by atoms with E-state index in [2.05, 4.69) is 37.7 Å². The van der Waals surface area contributed by atoms with Gasteiger partial charge in [0.05, 0.1) is 17.6 Å². The second-order valence-electron chi connectivity index (χ2n) is 10.4. The van der Waals surface area contributed by atoms with Crippen LogP contribution < -0.4 is 4.90 Å². The third kappa shape index (κ3) is 4.57. The molecular formula is C27H35FN6O2. The zero-order valence-electron chi connectivity index (χ0n) is 21.1. The Morgan fingerprint density at radius 1 is 1.19 bits per heavy atom. The van der Waals surface area contributed by atoms with E-state index in [-0.39, 0.29) is 12.3 Å². The number of fused-ring (bicyclic) bond motifs is 1. The maximum Gasteiger partial charge on any atom is 0.290 e. The number of hydrogen-bond acceptors (Lipinski definition) is 6. The fourth-order valence-corrected chi connectivity index (χ4v) is 6.48. The number of nitrogens with zero attached hydrogens (tertiary/aromatic N) is 6. The van der Waals surface area contributed by atoms with Crippen LogP contribution in [0.1, 0.15) is 26.2 Å². The number of carbonyl (C=O) groups is 1. The normalized spacial score (nSPS) is 21.9. The third-order valence-electron chi connectivity index (χ3n) is 8.27. The highest BCUT2D eigenvalue weighted by atomic mass is 19.1. The lowest BCUT2D eigenvalue weighted by Gasteiger charge is -2.49. The van der Waals surface area contributed by atoms with Crippen molar-refractivity contribution in [2.45, 2.75) is 32.2 Å². The van der Waals surface area contributed by atoms with Gasteiger partial charge in [-0.25, -0.2) is 9.37 Å². The van der Waals surface area contributed by atoms with Crippen LogP contribution in [0.15, 0.2) is 36.8 Å². The van der Waals surface area contributed by atoms with Crippen molar-refractivity contribution in [3.63, 3.8) is 0 Å². The molecule has 0 bridgehead atoms. The minimum absolute atomic E-state index is 0.250. The number of pyridine rings is 2. The van der Waals surface area contributed by atoms with Gasteiger partial charge in [0.15, 0.2) is 0 Å². The molecule has 6 rings (SSSR count). The summed E-state index contributed by atoms with van der Waals surface area (Å²) < 4.78 is 16.3. The van der Waals surface area contributed by atoms with Gasteiger partial charge in [-0.1, -0.05) is 6.92 Å².